The van der Waals surface area contributed by atoms with E-state index in [4.69, 9.17) is 5.73 Å². The number of para-hydroxylation sites is 2. The average Bonchev–Trinajstić information content (AvgIpc) is 3.15. The molecule has 102 valence electrons. The summed E-state index contributed by atoms with van der Waals surface area (Å²) in [7, 11) is 0. The van der Waals surface area contributed by atoms with Gasteiger partial charge >= 0.3 is 0 Å². The van der Waals surface area contributed by atoms with Crippen molar-refractivity contribution >= 4 is 16.7 Å². The number of hydrogen-bond donors (Lipinski definition) is 2. The molecule has 0 aliphatic carbocycles. The molecule has 0 spiro atoms. The highest BCUT2D eigenvalue weighted by atomic mass is 15.3. The van der Waals surface area contributed by atoms with Crippen molar-refractivity contribution in [1.29, 1.82) is 0 Å². The quantitative estimate of drug-likeness (QED) is 0.552. The van der Waals surface area contributed by atoms with Gasteiger partial charge in [0, 0.05) is 6.20 Å². The van der Waals surface area contributed by atoms with E-state index in [1.54, 1.807) is 6.20 Å². The van der Waals surface area contributed by atoms with Crippen LogP contribution in [0.4, 0.5) is 5.69 Å². The number of nitrogen functional groups attached to an aromatic ring is 1. The van der Waals surface area contributed by atoms with Crippen LogP contribution in [0.2, 0.25) is 0 Å². The second-order valence-corrected chi connectivity index (χ2v) is 4.84. The summed E-state index contributed by atoms with van der Waals surface area (Å²) in [6, 6.07) is 15.7. The third-order valence-electron chi connectivity index (χ3n) is 3.42. The Kier molecular flexibility index (Phi) is 2.50. The van der Waals surface area contributed by atoms with Gasteiger partial charge in [-0.1, -0.05) is 24.3 Å². The van der Waals surface area contributed by atoms with E-state index in [1.807, 2.05) is 59.4 Å². The molecule has 0 radical (unpaired) electrons. The maximum Gasteiger partial charge on any atom is 0.141 e. The topological polar surface area (TPSA) is 72.5 Å². The van der Waals surface area contributed by atoms with Gasteiger partial charge in [0.1, 0.15) is 11.3 Å². The lowest BCUT2D eigenvalue weighted by atomic mass is 10.3. The summed E-state index contributed by atoms with van der Waals surface area (Å²) < 4.78 is 1.83. The van der Waals surface area contributed by atoms with Crippen LogP contribution in [0.25, 0.3) is 28.1 Å². The summed E-state index contributed by atoms with van der Waals surface area (Å²) in [5.41, 5.74) is 10.3. The highest BCUT2D eigenvalue weighted by Gasteiger charge is 2.09. The number of nitrogens with zero attached hydrogens (tertiary/aromatic N) is 3. The first-order chi connectivity index (χ1) is 10.3. The van der Waals surface area contributed by atoms with Gasteiger partial charge in [-0.2, -0.15) is 5.10 Å². The smallest absolute Gasteiger partial charge is 0.141 e. The monoisotopic (exact) mass is 275 g/mol. The van der Waals surface area contributed by atoms with Crippen LogP contribution in [0.5, 0.6) is 0 Å². The second-order valence-electron chi connectivity index (χ2n) is 4.84. The van der Waals surface area contributed by atoms with Gasteiger partial charge in [0.25, 0.3) is 0 Å². The molecule has 5 heteroatoms. The van der Waals surface area contributed by atoms with E-state index >= 15 is 0 Å². The van der Waals surface area contributed by atoms with Gasteiger partial charge in [-0.15, -0.1) is 0 Å². The van der Waals surface area contributed by atoms with E-state index in [2.05, 4.69) is 15.1 Å². The number of aromatic nitrogens is 4. The summed E-state index contributed by atoms with van der Waals surface area (Å²) in [5.74, 6) is 0.769. The van der Waals surface area contributed by atoms with Crippen molar-refractivity contribution in [3.05, 3.63) is 60.9 Å². The van der Waals surface area contributed by atoms with Crippen molar-refractivity contribution in [2.24, 2.45) is 0 Å². The van der Waals surface area contributed by atoms with Crippen molar-refractivity contribution in [3.8, 4) is 17.1 Å². The van der Waals surface area contributed by atoms with E-state index in [0.717, 1.165) is 28.1 Å². The molecule has 0 saturated heterocycles. The minimum atomic E-state index is 0.672. The van der Waals surface area contributed by atoms with Crippen LogP contribution in [-0.4, -0.2) is 19.7 Å². The summed E-state index contributed by atoms with van der Waals surface area (Å²) >= 11 is 0. The van der Waals surface area contributed by atoms with Crippen molar-refractivity contribution in [2.75, 3.05) is 5.73 Å². The van der Waals surface area contributed by atoms with Crippen molar-refractivity contribution in [2.45, 2.75) is 0 Å². The van der Waals surface area contributed by atoms with E-state index in [1.165, 1.54) is 0 Å². The third kappa shape index (κ3) is 1.95. The Bertz CT molecular complexity index is 905. The number of nitrogens with one attached hydrogen (secondary N) is 1. The highest BCUT2D eigenvalue weighted by molar-refractivity contribution is 5.89. The van der Waals surface area contributed by atoms with Crippen molar-refractivity contribution < 1.29 is 0 Å². The first-order valence-corrected chi connectivity index (χ1v) is 6.66. The van der Waals surface area contributed by atoms with Crippen LogP contribution in [0.15, 0.2) is 60.9 Å². The molecule has 0 bridgehead atoms. The third-order valence-corrected chi connectivity index (χ3v) is 3.42. The molecule has 3 N–H and O–H groups in total. The van der Waals surface area contributed by atoms with E-state index in [0.29, 0.717) is 5.69 Å². The molecule has 2 aromatic heterocycles. The number of fused-ring (bicyclic) bond motifs is 1. The lowest BCUT2D eigenvalue weighted by Crippen LogP contribution is -1.92. The molecule has 0 aliphatic heterocycles. The Labute approximate surface area is 121 Å². The molecule has 0 aliphatic rings. The number of H-pyrrole nitrogens is 1. The summed E-state index contributed by atoms with van der Waals surface area (Å²) in [5, 5.41) is 4.38. The number of rotatable bonds is 2. The lowest BCUT2D eigenvalue weighted by molar-refractivity contribution is 0.880. The van der Waals surface area contributed by atoms with Crippen LogP contribution in [0.3, 0.4) is 0 Å². The predicted molar refractivity (Wildman–Crippen MR) is 83.1 cm³/mol. The van der Waals surface area contributed by atoms with Gasteiger partial charge in [0.2, 0.25) is 0 Å². The molecule has 0 amide bonds. The number of nitrogens with two attached hydrogens (primary N) is 1. The van der Waals surface area contributed by atoms with Gasteiger partial charge in [-0.25, -0.2) is 9.67 Å². The van der Waals surface area contributed by atoms with Crippen LogP contribution < -0.4 is 5.73 Å². The average molecular weight is 275 g/mol. The van der Waals surface area contributed by atoms with Gasteiger partial charge in [-0.3, -0.25) is 0 Å². The van der Waals surface area contributed by atoms with Gasteiger partial charge in [0.15, 0.2) is 0 Å². The maximum absolute atomic E-state index is 5.94. The zero-order valence-electron chi connectivity index (χ0n) is 11.2. The number of anilines is 1. The molecule has 5 nitrogen and oxygen atoms in total. The van der Waals surface area contributed by atoms with E-state index in [9.17, 15) is 0 Å². The lowest BCUT2D eigenvalue weighted by Gasteiger charge is -1.98. The number of hydrogen-bond acceptors (Lipinski definition) is 3. The summed E-state index contributed by atoms with van der Waals surface area (Å²) in [6.45, 7) is 0. The maximum atomic E-state index is 5.94. The molecule has 0 unspecified atom stereocenters. The first-order valence-electron chi connectivity index (χ1n) is 6.66. The Morgan fingerprint density at radius 2 is 1.86 bits per heavy atom. The molecule has 2 aromatic carbocycles. The molecule has 21 heavy (non-hydrogen) atoms. The van der Waals surface area contributed by atoms with Crippen molar-refractivity contribution in [1.82, 2.24) is 19.7 Å². The standard InChI is InChI=1S/C16H13N5/c17-13-7-4-8-14-15(13)20-16(19-14)11-9-18-21(10-11)12-5-2-1-3-6-12/h1-10H,17H2,(H,19,20). The first kappa shape index (κ1) is 11.7. The number of imidazole rings is 1. The number of benzene rings is 2. The molecule has 2 heterocycles. The Morgan fingerprint density at radius 3 is 2.67 bits per heavy atom. The van der Waals surface area contributed by atoms with Crippen LogP contribution in [-0.2, 0) is 0 Å². The zero-order valence-corrected chi connectivity index (χ0v) is 11.2. The minimum Gasteiger partial charge on any atom is -0.397 e. The summed E-state index contributed by atoms with van der Waals surface area (Å²) in [4.78, 5) is 7.83. The van der Waals surface area contributed by atoms with Crippen LogP contribution in [0.1, 0.15) is 0 Å². The molecule has 0 atom stereocenters. The molecule has 0 saturated carbocycles. The van der Waals surface area contributed by atoms with E-state index < -0.39 is 0 Å². The Hall–Kier alpha value is -3.08. The van der Waals surface area contributed by atoms with Crippen molar-refractivity contribution in [3.63, 3.8) is 0 Å². The minimum absolute atomic E-state index is 0.672. The summed E-state index contributed by atoms with van der Waals surface area (Å²) in [6.07, 6.45) is 3.74. The van der Waals surface area contributed by atoms with Gasteiger partial charge in [0.05, 0.1) is 28.7 Å². The molecule has 4 aromatic rings. The van der Waals surface area contributed by atoms with E-state index in [-0.39, 0.29) is 0 Å². The Morgan fingerprint density at radius 1 is 1.00 bits per heavy atom. The fraction of sp³-hybridized carbons (Fsp3) is 0. The predicted octanol–water partition coefficient (Wildman–Crippen LogP) is 3.00. The van der Waals surface area contributed by atoms with Crippen LogP contribution >= 0.6 is 0 Å². The number of aromatic amines is 1. The second kappa shape index (κ2) is 4.49. The molecular weight excluding hydrogens is 262 g/mol. The van der Waals surface area contributed by atoms with Gasteiger partial charge in [-0.05, 0) is 24.3 Å². The Balaban J connectivity index is 1.79. The highest BCUT2D eigenvalue weighted by Crippen LogP contribution is 2.24. The zero-order chi connectivity index (χ0) is 14.2. The molecule has 4 rings (SSSR count). The molecule has 0 fully saturated rings. The fourth-order valence-electron chi connectivity index (χ4n) is 2.36. The van der Waals surface area contributed by atoms with Crippen LogP contribution in [0, 0.1) is 0 Å². The normalized spacial score (nSPS) is 11.0. The SMILES string of the molecule is Nc1cccc2[nH]c(-c3cnn(-c4ccccc4)c3)nc12. The molecular formula is C16H13N5. The van der Waals surface area contributed by atoms with Gasteiger partial charge < -0.3 is 10.7 Å². The largest absolute Gasteiger partial charge is 0.397 e. The fourth-order valence-corrected chi connectivity index (χ4v) is 2.36.